The first-order chi connectivity index (χ1) is 6.81. The highest BCUT2D eigenvalue weighted by Gasteiger charge is 2.22. The fourth-order valence-corrected chi connectivity index (χ4v) is 3.17. The number of rotatable bonds is 2. The zero-order valence-electron chi connectivity index (χ0n) is 8.45. The van der Waals surface area contributed by atoms with Crippen LogP contribution < -0.4 is 5.73 Å². The van der Waals surface area contributed by atoms with Crippen LogP contribution in [0.3, 0.4) is 0 Å². The van der Waals surface area contributed by atoms with E-state index in [-0.39, 0.29) is 0 Å². The molecule has 0 spiro atoms. The molecule has 0 radical (unpaired) electrons. The van der Waals surface area contributed by atoms with Crippen molar-refractivity contribution < 1.29 is 4.42 Å². The van der Waals surface area contributed by atoms with Crippen LogP contribution in [0, 0.1) is 6.92 Å². The molecule has 0 aromatic carbocycles. The van der Waals surface area contributed by atoms with Gasteiger partial charge in [-0.3, -0.25) is 0 Å². The van der Waals surface area contributed by atoms with E-state index in [9.17, 15) is 0 Å². The predicted octanol–water partition coefficient (Wildman–Crippen LogP) is 2.40. The van der Waals surface area contributed by atoms with Gasteiger partial charge in [0.1, 0.15) is 5.76 Å². The van der Waals surface area contributed by atoms with Crippen LogP contribution in [0.25, 0.3) is 0 Å². The zero-order valence-corrected chi connectivity index (χ0v) is 9.27. The Morgan fingerprint density at radius 2 is 2.43 bits per heavy atom. The summed E-state index contributed by atoms with van der Waals surface area (Å²) < 4.78 is 5.47. The Bertz CT molecular complexity index is 305. The molecule has 1 atom stereocenters. The number of nitrogens with two attached hydrogens (primary N) is 1. The summed E-state index contributed by atoms with van der Waals surface area (Å²) in [4.78, 5) is 4.44. The Balaban J connectivity index is 2.17. The van der Waals surface area contributed by atoms with Gasteiger partial charge in [-0.1, -0.05) is 6.42 Å². The molecular weight excluding hydrogens is 196 g/mol. The molecule has 0 aliphatic carbocycles. The fourth-order valence-electron chi connectivity index (χ4n) is 1.81. The minimum Gasteiger partial charge on any atom is -0.444 e. The van der Waals surface area contributed by atoms with E-state index >= 15 is 0 Å². The monoisotopic (exact) mass is 212 g/mol. The minimum absolute atomic E-state index is 0.401. The van der Waals surface area contributed by atoms with Crippen molar-refractivity contribution in [2.45, 2.75) is 38.0 Å². The average molecular weight is 212 g/mol. The molecule has 2 heterocycles. The molecule has 1 aliphatic rings. The largest absolute Gasteiger partial charge is 0.444 e. The summed E-state index contributed by atoms with van der Waals surface area (Å²) in [5, 5.41) is 0.535. The van der Waals surface area contributed by atoms with E-state index in [4.69, 9.17) is 10.2 Å². The summed E-state index contributed by atoms with van der Waals surface area (Å²) >= 11 is 1.99. The second kappa shape index (κ2) is 4.36. The Morgan fingerprint density at radius 1 is 1.57 bits per heavy atom. The third-order valence-corrected chi connectivity index (χ3v) is 3.92. The van der Waals surface area contributed by atoms with E-state index in [0.29, 0.717) is 17.7 Å². The van der Waals surface area contributed by atoms with Gasteiger partial charge >= 0.3 is 0 Å². The summed E-state index contributed by atoms with van der Waals surface area (Å²) in [6, 6.07) is 0. The highest BCUT2D eigenvalue weighted by atomic mass is 32.2. The molecule has 0 amide bonds. The summed E-state index contributed by atoms with van der Waals surface area (Å²) in [6.07, 6.45) is 3.87. The highest BCUT2D eigenvalue weighted by molar-refractivity contribution is 7.99. The lowest BCUT2D eigenvalue weighted by Gasteiger charge is -2.19. The van der Waals surface area contributed by atoms with Gasteiger partial charge in [-0.15, -0.1) is 0 Å². The Kier molecular flexibility index (Phi) is 3.13. The van der Waals surface area contributed by atoms with Gasteiger partial charge in [0.25, 0.3) is 0 Å². The quantitative estimate of drug-likeness (QED) is 0.818. The van der Waals surface area contributed by atoms with E-state index < -0.39 is 0 Å². The van der Waals surface area contributed by atoms with Gasteiger partial charge in [-0.2, -0.15) is 11.8 Å². The van der Waals surface area contributed by atoms with Crippen LogP contribution in [0.5, 0.6) is 0 Å². The number of aryl methyl sites for hydroxylation is 1. The molecule has 2 rings (SSSR count). The van der Waals surface area contributed by atoms with Gasteiger partial charge in [0.2, 0.25) is 5.89 Å². The van der Waals surface area contributed by atoms with Gasteiger partial charge in [-0.25, -0.2) is 4.98 Å². The molecule has 2 N–H and O–H groups in total. The molecule has 1 fully saturated rings. The maximum absolute atomic E-state index is 5.50. The van der Waals surface area contributed by atoms with Crippen molar-refractivity contribution in [2.75, 3.05) is 5.75 Å². The summed E-state index contributed by atoms with van der Waals surface area (Å²) in [5.41, 5.74) is 6.62. The molecule has 14 heavy (non-hydrogen) atoms. The summed E-state index contributed by atoms with van der Waals surface area (Å²) in [7, 11) is 0. The smallest absolute Gasteiger partial charge is 0.208 e. The number of oxazole rings is 1. The normalized spacial score (nSPS) is 22.6. The Hall–Kier alpha value is -0.480. The number of hydrogen-bond donors (Lipinski definition) is 1. The molecule has 3 nitrogen and oxygen atoms in total. The third-order valence-electron chi connectivity index (χ3n) is 2.54. The lowest BCUT2D eigenvalue weighted by Crippen LogP contribution is -2.04. The molecule has 0 bridgehead atoms. The predicted molar refractivity (Wildman–Crippen MR) is 58.2 cm³/mol. The van der Waals surface area contributed by atoms with Crippen molar-refractivity contribution in [1.82, 2.24) is 4.98 Å². The lowest BCUT2D eigenvalue weighted by molar-refractivity contribution is 0.472. The Labute approximate surface area is 88.5 Å². The average Bonchev–Trinajstić information content (AvgIpc) is 2.61. The first-order valence-electron chi connectivity index (χ1n) is 5.09. The molecular formula is C10H16N2OS. The van der Waals surface area contributed by atoms with E-state index in [1.807, 2.05) is 18.7 Å². The second-order valence-electron chi connectivity index (χ2n) is 3.61. The van der Waals surface area contributed by atoms with Gasteiger partial charge in [-0.05, 0) is 25.5 Å². The van der Waals surface area contributed by atoms with Crippen molar-refractivity contribution in [3.8, 4) is 0 Å². The van der Waals surface area contributed by atoms with Crippen LogP contribution in [0.15, 0.2) is 4.42 Å². The van der Waals surface area contributed by atoms with Crippen LogP contribution in [0.1, 0.15) is 41.9 Å². The number of aromatic nitrogens is 1. The lowest BCUT2D eigenvalue weighted by atomic mass is 10.1. The van der Waals surface area contributed by atoms with Crippen LogP contribution in [-0.2, 0) is 6.54 Å². The zero-order chi connectivity index (χ0) is 9.97. The van der Waals surface area contributed by atoms with Gasteiger partial charge in [0, 0.05) is 0 Å². The molecule has 78 valence electrons. The van der Waals surface area contributed by atoms with Crippen LogP contribution in [0.4, 0.5) is 0 Å². The van der Waals surface area contributed by atoms with Crippen LogP contribution in [-0.4, -0.2) is 10.7 Å². The van der Waals surface area contributed by atoms with E-state index in [0.717, 1.165) is 11.5 Å². The first kappa shape index (κ1) is 10.1. The second-order valence-corrected chi connectivity index (χ2v) is 4.92. The first-order valence-corrected chi connectivity index (χ1v) is 6.14. The SMILES string of the molecule is Cc1oc(CN)nc1C1CCCCS1. The maximum Gasteiger partial charge on any atom is 0.208 e. The topological polar surface area (TPSA) is 52.0 Å². The fraction of sp³-hybridized carbons (Fsp3) is 0.700. The number of hydrogen-bond acceptors (Lipinski definition) is 4. The molecule has 1 unspecified atom stereocenters. The minimum atomic E-state index is 0.401. The van der Waals surface area contributed by atoms with E-state index in [2.05, 4.69) is 4.98 Å². The molecule has 0 saturated carbocycles. The molecule has 1 aromatic heterocycles. The van der Waals surface area contributed by atoms with Crippen molar-refractivity contribution in [1.29, 1.82) is 0 Å². The van der Waals surface area contributed by atoms with Gasteiger partial charge in [0.05, 0.1) is 17.5 Å². The van der Waals surface area contributed by atoms with Crippen molar-refractivity contribution in [3.05, 3.63) is 17.3 Å². The van der Waals surface area contributed by atoms with Crippen molar-refractivity contribution in [3.63, 3.8) is 0 Å². The third kappa shape index (κ3) is 1.96. The highest BCUT2D eigenvalue weighted by Crippen LogP contribution is 2.39. The van der Waals surface area contributed by atoms with E-state index in [1.54, 1.807) is 0 Å². The molecule has 1 aromatic rings. The van der Waals surface area contributed by atoms with E-state index in [1.165, 1.54) is 25.0 Å². The standard InChI is InChI=1S/C10H16N2OS/c1-7-10(12-9(6-11)13-7)8-4-2-3-5-14-8/h8H,2-6,11H2,1H3. The molecule has 1 aliphatic heterocycles. The van der Waals surface area contributed by atoms with Gasteiger partial charge < -0.3 is 10.2 Å². The summed E-state index contributed by atoms with van der Waals surface area (Å²) in [5.74, 6) is 2.86. The number of nitrogens with zero attached hydrogens (tertiary/aromatic N) is 1. The van der Waals surface area contributed by atoms with Crippen molar-refractivity contribution >= 4 is 11.8 Å². The maximum atomic E-state index is 5.50. The number of thioether (sulfide) groups is 1. The molecule has 4 heteroatoms. The van der Waals surface area contributed by atoms with Gasteiger partial charge in [0.15, 0.2) is 0 Å². The summed E-state index contributed by atoms with van der Waals surface area (Å²) in [6.45, 7) is 2.38. The van der Waals surface area contributed by atoms with Crippen LogP contribution >= 0.6 is 11.8 Å². The Morgan fingerprint density at radius 3 is 3.00 bits per heavy atom. The van der Waals surface area contributed by atoms with Crippen molar-refractivity contribution in [2.24, 2.45) is 5.73 Å². The van der Waals surface area contributed by atoms with Crippen LogP contribution in [0.2, 0.25) is 0 Å². The molecule has 1 saturated heterocycles.